The highest BCUT2D eigenvalue weighted by molar-refractivity contribution is 5.97. The molecule has 5 aliphatic rings. The third-order valence-corrected chi connectivity index (χ3v) is 10.4. The van der Waals surface area contributed by atoms with E-state index in [1.807, 2.05) is 15.2 Å². The molecule has 0 saturated carbocycles. The van der Waals surface area contributed by atoms with Crippen molar-refractivity contribution in [1.82, 2.24) is 30.2 Å². The number of nitrogen functional groups attached to an aromatic ring is 1. The molecule has 17 heteroatoms. The zero-order valence-electron chi connectivity index (χ0n) is 25.6. The molecule has 4 saturated heterocycles. The standard InChI is InChI=1S/C30H33F6N9O2/c1-12-19(30(34,35)36)17(20(32)25(38-12)43-37)22-21(33)23-18-26(42-28(41-23)46-11-29-6-3-7-44(29)9-14(31)8-29)45-10-15-4-5-16(39-15)24(45)13(2)47-27(18)40-22/h13-16,24,39H,3-11,37H2,1-2H3,(H,38,43)/t13-,14+,15?,16?,24+,29-/m0/s1. The molecule has 11 nitrogen and oxygen atoms in total. The molecule has 0 aliphatic carbocycles. The molecule has 2 bridgehead atoms. The molecule has 3 aromatic heterocycles. The van der Waals surface area contributed by atoms with Gasteiger partial charge in [0.15, 0.2) is 17.5 Å². The molecular weight excluding hydrogens is 632 g/mol. The van der Waals surface area contributed by atoms with Gasteiger partial charge in [0.2, 0.25) is 5.88 Å². The van der Waals surface area contributed by atoms with Crippen LogP contribution in [0, 0.1) is 18.6 Å². The average molecular weight is 666 g/mol. The summed E-state index contributed by atoms with van der Waals surface area (Å²) in [5, 5.41) is 3.62. The molecule has 3 aromatic rings. The van der Waals surface area contributed by atoms with Gasteiger partial charge in [0.05, 0.1) is 28.4 Å². The molecule has 0 radical (unpaired) electrons. The Morgan fingerprint density at radius 3 is 2.70 bits per heavy atom. The third-order valence-electron chi connectivity index (χ3n) is 10.4. The van der Waals surface area contributed by atoms with Crippen molar-refractivity contribution in [2.45, 2.75) is 88.1 Å². The van der Waals surface area contributed by atoms with E-state index in [-0.39, 0.29) is 54.2 Å². The number of aryl methyl sites for hydroxylation is 1. The van der Waals surface area contributed by atoms with Gasteiger partial charge < -0.3 is 25.1 Å². The highest BCUT2D eigenvalue weighted by atomic mass is 19.4. The van der Waals surface area contributed by atoms with Crippen LogP contribution in [0.1, 0.15) is 50.3 Å². The first kappa shape index (κ1) is 30.6. The highest BCUT2D eigenvalue weighted by Gasteiger charge is 2.50. The summed E-state index contributed by atoms with van der Waals surface area (Å²) >= 11 is 0. The number of alkyl halides is 4. The maximum absolute atomic E-state index is 16.8. The van der Waals surface area contributed by atoms with Gasteiger partial charge in [-0.3, -0.25) is 4.90 Å². The van der Waals surface area contributed by atoms with Gasteiger partial charge in [-0.25, -0.2) is 29.0 Å². The average Bonchev–Trinajstić information content (AvgIpc) is 3.65. The molecule has 4 fully saturated rings. The quantitative estimate of drug-likeness (QED) is 0.208. The van der Waals surface area contributed by atoms with Crippen LogP contribution < -0.4 is 31.0 Å². The molecule has 0 spiro atoms. The minimum Gasteiger partial charge on any atom is -0.472 e. The number of hydrogen-bond donors (Lipinski definition) is 3. The van der Waals surface area contributed by atoms with Gasteiger partial charge in [0.1, 0.15) is 41.3 Å². The Balaban J connectivity index is 1.35. The van der Waals surface area contributed by atoms with Crippen molar-refractivity contribution in [1.29, 1.82) is 0 Å². The number of anilines is 2. The second-order valence-electron chi connectivity index (χ2n) is 13.3. The van der Waals surface area contributed by atoms with Gasteiger partial charge in [-0.05, 0) is 46.1 Å². The molecule has 4 N–H and O–H groups in total. The van der Waals surface area contributed by atoms with Crippen molar-refractivity contribution in [2.24, 2.45) is 5.84 Å². The van der Waals surface area contributed by atoms with E-state index >= 15 is 8.78 Å². The number of piperazine rings is 1. The topological polar surface area (TPSA) is 127 Å². The van der Waals surface area contributed by atoms with E-state index in [2.05, 4.69) is 20.3 Å². The monoisotopic (exact) mass is 665 g/mol. The normalized spacial score (nSPS) is 29.9. The summed E-state index contributed by atoms with van der Waals surface area (Å²) in [6.45, 7) is 4.35. The third kappa shape index (κ3) is 4.67. The Labute approximate surface area is 265 Å². The molecular formula is C30H33F6N9O2. The number of hydrazine groups is 1. The lowest BCUT2D eigenvalue weighted by atomic mass is 9.95. The molecule has 2 unspecified atom stereocenters. The number of halogens is 6. The Hall–Kier alpha value is -3.70. The second-order valence-corrected chi connectivity index (χ2v) is 13.3. The molecule has 8 rings (SSSR count). The van der Waals surface area contributed by atoms with Crippen molar-refractivity contribution >= 4 is 22.5 Å². The van der Waals surface area contributed by atoms with E-state index in [0.717, 1.165) is 32.7 Å². The van der Waals surface area contributed by atoms with E-state index in [1.54, 1.807) is 6.92 Å². The Bertz CT molecular complexity index is 1780. The number of nitrogens with one attached hydrogen (secondary N) is 2. The first-order valence-corrected chi connectivity index (χ1v) is 15.8. The van der Waals surface area contributed by atoms with Crippen molar-refractivity contribution in [3.8, 4) is 23.1 Å². The van der Waals surface area contributed by atoms with Crippen LogP contribution in [0.25, 0.3) is 22.2 Å². The number of aromatic nitrogens is 4. The highest BCUT2D eigenvalue weighted by Crippen LogP contribution is 2.48. The van der Waals surface area contributed by atoms with Gasteiger partial charge in [-0.2, -0.15) is 23.1 Å². The van der Waals surface area contributed by atoms with E-state index in [9.17, 15) is 17.6 Å². The molecule has 0 aromatic carbocycles. The molecule has 6 atom stereocenters. The lowest BCUT2D eigenvalue weighted by Crippen LogP contribution is -2.62. The summed E-state index contributed by atoms with van der Waals surface area (Å²) in [4.78, 5) is 21.0. The number of hydrogen-bond acceptors (Lipinski definition) is 11. The zero-order chi connectivity index (χ0) is 33.0. The fraction of sp³-hybridized carbons (Fsp3) is 0.600. The van der Waals surface area contributed by atoms with Crippen LogP contribution in [0.5, 0.6) is 11.9 Å². The molecule has 5 aliphatic heterocycles. The summed E-state index contributed by atoms with van der Waals surface area (Å²) in [6, 6.07) is -0.431. The van der Waals surface area contributed by atoms with Gasteiger partial charge in [-0.1, -0.05) is 0 Å². The van der Waals surface area contributed by atoms with Crippen LogP contribution in [0.3, 0.4) is 0 Å². The van der Waals surface area contributed by atoms with Gasteiger partial charge in [-0.15, -0.1) is 0 Å². The number of nitrogens with zero attached hydrogens (tertiary/aromatic N) is 6. The van der Waals surface area contributed by atoms with E-state index in [0.29, 0.717) is 19.5 Å². The van der Waals surface area contributed by atoms with Crippen molar-refractivity contribution in [2.75, 3.05) is 36.6 Å². The summed E-state index contributed by atoms with van der Waals surface area (Å²) < 4.78 is 103. The van der Waals surface area contributed by atoms with E-state index in [1.165, 1.54) is 0 Å². The van der Waals surface area contributed by atoms with Crippen LogP contribution in [-0.4, -0.2) is 87.0 Å². The fourth-order valence-corrected chi connectivity index (χ4v) is 8.51. The lowest BCUT2D eigenvalue weighted by Gasteiger charge is -2.42. The number of pyridine rings is 2. The van der Waals surface area contributed by atoms with Gasteiger partial charge >= 0.3 is 12.2 Å². The SMILES string of the molecule is Cc1nc(NN)c(F)c(-c2nc3c4c(nc(OC[C@@]56CCCN5C[C@H](F)C6)nc4c2F)N2CC4CCC(N4)[C@H]2[C@H](C)O3)c1C(F)(F)F. The maximum Gasteiger partial charge on any atom is 0.418 e. The predicted molar refractivity (Wildman–Crippen MR) is 158 cm³/mol. The number of fused-ring (bicyclic) bond motifs is 6. The summed E-state index contributed by atoms with van der Waals surface area (Å²) in [7, 11) is 0. The van der Waals surface area contributed by atoms with Gasteiger partial charge in [0.25, 0.3) is 0 Å². The zero-order valence-corrected chi connectivity index (χ0v) is 25.6. The molecule has 252 valence electrons. The number of rotatable bonds is 5. The van der Waals surface area contributed by atoms with Crippen molar-refractivity contribution in [3.63, 3.8) is 0 Å². The predicted octanol–water partition coefficient (Wildman–Crippen LogP) is 4.02. The van der Waals surface area contributed by atoms with Crippen LogP contribution in [-0.2, 0) is 6.18 Å². The van der Waals surface area contributed by atoms with E-state index in [4.69, 9.17) is 20.3 Å². The number of nitrogens with two attached hydrogens (primary N) is 1. The lowest BCUT2D eigenvalue weighted by molar-refractivity contribution is -0.138. The summed E-state index contributed by atoms with van der Waals surface area (Å²) in [5.41, 5.74) is -3.38. The smallest absolute Gasteiger partial charge is 0.418 e. The first-order valence-electron chi connectivity index (χ1n) is 15.8. The van der Waals surface area contributed by atoms with Crippen molar-refractivity contribution in [3.05, 3.63) is 22.9 Å². The largest absolute Gasteiger partial charge is 0.472 e. The Kier molecular flexibility index (Phi) is 6.94. The minimum absolute atomic E-state index is 0.0158. The van der Waals surface area contributed by atoms with Gasteiger partial charge in [0, 0.05) is 31.6 Å². The van der Waals surface area contributed by atoms with Crippen LogP contribution in [0.15, 0.2) is 0 Å². The maximum atomic E-state index is 16.8. The van der Waals surface area contributed by atoms with Crippen molar-refractivity contribution < 1.29 is 35.8 Å². The van der Waals surface area contributed by atoms with Crippen LogP contribution in [0.4, 0.5) is 38.0 Å². The summed E-state index contributed by atoms with van der Waals surface area (Å²) in [6.07, 6.45) is -3.15. The Morgan fingerprint density at radius 2 is 1.94 bits per heavy atom. The number of ether oxygens (including phenoxy) is 2. The molecule has 0 amide bonds. The van der Waals surface area contributed by atoms with E-state index < -0.39 is 69.5 Å². The first-order chi connectivity index (χ1) is 22.4. The summed E-state index contributed by atoms with van der Waals surface area (Å²) in [5.74, 6) is 1.80. The fourth-order valence-electron chi connectivity index (χ4n) is 8.51. The molecule has 47 heavy (non-hydrogen) atoms. The Morgan fingerprint density at radius 1 is 1.13 bits per heavy atom. The minimum atomic E-state index is -5.13. The van der Waals surface area contributed by atoms with Crippen LogP contribution in [0.2, 0.25) is 0 Å². The molecule has 8 heterocycles. The van der Waals surface area contributed by atoms with Crippen LogP contribution >= 0.6 is 0 Å². The second kappa shape index (κ2) is 10.7.